The highest BCUT2D eigenvalue weighted by Gasteiger charge is 2.31. The standard InChI is InChI=1S/C24H25N5O/c1-16-27-28-23-22(26-24(30)18-12-6-3-7-13-18)25-21(17-10-4-2-5-11-17)19-14-8-9-15-20(19)29(16)23/h2,4-5,8-11,14-15,18,22H,3,6-7,12-13H2,1H3,(H,26,30). The summed E-state index contributed by atoms with van der Waals surface area (Å²) in [5.74, 6) is 1.54. The lowest BCUT2D eigenvalue weighted by molar-refractivity contribution is -0.126. The number of hydrogen-bond acceptors (Lipinski definition) is 4. The smallest absolute Gasteiger partial charge is 0.225 e. The molecule has 0 saturated heterocycles. The lowest BCUT2D eigenvalue weighted by Gasteiger charge is -2.23. The van der Waals surface area contributed by atoms with E-state index >= 15 is 0 Å². The maximum atomic E-state index is 13.1. The number of nitrogens with zero attached hydrogens (tertiary/aromatic N) is 4. The lowest BCUT2D eigenvalue weighted by Crippen LogP contribution is -2.35. The van der Waals surface area contributed by atoms with Crippen molar-refractivity contribution in [3.05, 3.63) is 77.4 Å². The number of benzene rings is 2. The predicted octanol–water partition coefficient (Wildman–Crippen LogP) is 4.12. The zero-order valence-electron chi connectivity index (χ0n) is 17.1. The summed E-state index contributed by atoms with van der Waals surface area (Å²) in [4.78, 5) is 18.1. The van der Waals surface area contributed by atoms with Crippen molar-refractivity contribution in [2.45, 2.75) is 45.2 Å². The van der Waals surface area contributed by atoms with E-state index in [1.807, 2.05) is 41.8 Å². The summed E-state index contributed by atoms with van der Waals surface area (Å²) in [5.41, 5.74) is 3.84. The monoisotopic (exact) mass is 399 g/mol. The van der Waals surface area contributed by atoms with Crippen LogP contribution in [0.5, 0.6) is 0 Å². The van der Waals surface area contributed by atoms with Crippen molar-refractivity contribution in [2.24, 2.45) is 10.9 Å². The largest absolute Gasteiger partial charge is 0.328 e. The molecule has 1 aromatic heterocycles. The van der Waals surface area contributed by atoms with Crippen LogP contribution in [0, 0.1) is 12.8 Å². The van der Waals surface area contributed by atoms with Crippen LogP contribution in [-0.4, -0.2) is 26.4 Å². The molecular formula is C24H25N5O. The van der Waals surface area contributed by atoms with Crippen LogP contribution in [0.1, 0.15) is 61.0 Å². The van der Waals surface area contributed by atoms with Gasteiger partial charge in [-0.25, -0.2) is 0 Å². The first-order valence-corrected chi connectivity index (χ1v) is 10.7. The second-order valence-corrected chi connectivity index (χ2v) is 8.05. The van der Waals surface area contributed by atoms with Crippen LogP contribution in [0.25, 0.3) is 5.69 Å². The van der Waals surface area contributed by atoms with Crippen LogP contribution in [-0.2, 0) is 4.79 Å². The maximum absolute atomic E-state index is 13.1. The molecule has 1 unspecified atom stereocenters. The Kier molecular flexibility index (Phi) is 4.91. The third-order valence-electron chi connectivity index (χ3n) is 6.05. The van der Waals surface area contributed by atoms with Gasteiger partial charge in [-0.15, -0.1) is 10.2 Å². The molecule has 0 spiro atoms. The first-order valence-electron chi connectivity index (χ1n) is 10.7. The molecule has 1 aliphatic heterocycles. The summed E-state index contributed by atoms with van der Waals surface area (Å²) in [6.07, 6.45) is 4.75. The Labute approximate surface area is 176 Å². The van der Waals surface area contributed by atoms with Gasteiger partial charge in [0.1, 0.15) is 5.82 Å². The lowest BCUT2D eigenvalue weighted by atomic mass is 9.88. The molecule has 2 aromatic carbocycles. The number of carbonyl (C=O) groups excluding carboxylic acids is 1. The first-order chi connectivity index (χ1) is 14.7. The molecule has 2 aliphatic rings. The zero-order valence-corrected chi connectivity index (χ0v) is 17.1. The van der Waals surface area contributed by atoms with E-state index in [1.54, 1.807) is 0 Å². The Morgan fingerprint density at radius 3 is 2.50 bits per heavy atom. The molecule has 6 heteroatoms. The van der Waals surface area contributed by atoms with Gasteiger partial charge in [0.2, 0.25) is 5.91 Å². The van der Waals surface area contributed by atoms with E-state index in [0.717, 1.165) is 54.0 Å². The SMILES string of the molecule is Cc1nnc2n1-c1ccccc1C(c1ccccc1)=NC2NC(=O)C1CCCCC1. The molecule has 1 saturated carbocycles. The van der Waals surface area contributed by atoms with Crippen LogP contribution in [0.4, 0.5) is 0 Å². The van der Waals surface area contributed by atoms with E-state index in [9.17, 15) is 4.79 Å². The number of nitrogens with one attached hydrogen (secondary N) is 1. The van der Waals surface area contributed by atoms with Crippen molar-refractivity contribution in [1.29, 1.82) is 0 Å². The number of rotatable bonds is 3. The second-order valence-electron chi connectivity index (χ2n) is 8.05. The minimum atomic E-state index is -0.580. The number of aromatic nitrogens is 3. The fourth-order valence-electron chi connectivity index (χ4n) is 4.52. The Morgan fingerprint density at radius 1 is 0.967 bits per heavy atom. The number of amides is 1. The van der Waals surface area contributed by atoms with Crippen LogP contribution in [0.2, 0.25) is 0 Å². The topological polar surface area (TPSA) is 72.2 Å². The minimum absolute atomic E-state index is 0.0530. The maximum Gasteiger partial charge on any atom is 0.225 e. The summed E-state index contributed by atoms with van der Waals surface area (Å²) in [5, 5.41) is 11.9. The van der Waals surface area contributed by atoms with Crippen molar-refractivity contribution in [3.63, 3.8) is 0 Å². The van der Waals surface area contributed by atoms with Gasteiger partial charge in [-0.1, -0.05) is 67.8 Å². The van der Waals surface area contributed by atoms with Gasteiger partial charge in [-0.3, -0.25) is 14.4 Å². The zero-order chi connectivity index (χ0) is 20.5. The average molecular weight is 399 g/mol. The highest BCUT2D eigenvalue weighted by atomic mass is 16.2. The molecule has 152 valence electrons. The van der Waals surface area contributed by atoms with Crippen molar-refractivity contribution >= 4 is 11.6 Å². The molecule has 5 rings (SSSR count). The molecule has 1 atom stereocenters. The molecule has 0 bridgehead atoms. The molecule has 30 heavy (non-hydrogen) atoms. The number of hydrogen-bond donors (Lipinski definition) is 1. The molecule has 2 heterocycles. The van der Waals surface area contributed by atoms with Crippen LogP contribution in [0.15, 0.2) is 59.6 Å². The van der Waals surface area contributed by atoms with Gasteiger partial charge >= 0.3 is 0 Å². The Hall–Kier alpha value is -3.28. The van der Waals surface area contributed by atoms with Gasteiger partial charge in [0.15, 0.2) is 12.0 Å². The van der Waals surface area contributed by atoms with E-state index in [1.165, 1.54) is 6.42 Å². The molecule has 6 nitrogen and oxygen atoms in total. The summed E-state index contributed by atoms with van der Waals surface area (Å²) in [6.45, 7) is 1.93. The fraction of sp³-hybridized carbons (Fsp3) is 0.333. The first kappa shape index (κ1) is 18.7. The second kappa shape index (κ2) is 7.86. The Bertz CT molecular complexity index is 1100. The Balaban J connectivity index is 1.63. The van der Waals surface area contributed by atoms with E-state index in [2.05, 4.69) is 39.8 Å². The molecule has 0 radical (unpaired) electrons. The van der Waals surface area contributed by atoms with Crippen molar-refractivity contribution in [2.75, 3.05) is 0 Å². The fourth-order valence-corrected chi connectivity index (χ4v) is 4.52. The van der Waals surface area contributed by atoms with Crippen LogP contribution in [0.3, 0.4) is 0 Å². The van der Waals surface area contributed by atoms with Gasteiger partial charge in [0, 0.05) is 17.0 Å². The van der Waals surface area contributed by atoms with E-state index < -0.39 is 6.17 Å². The highest BCUT2D eigenvalue weighted by molar-refractivity contribution is 6.15. The van der Waals surface area contributed by atoms with Crippen molar-refractivity contribution in [3.8, 4) is 5.69 Å². The number of aliphatic imine (C=N–C) groups is 1. The molecule has 1 amide bonds. The predicted molar refractivity (Wildman–Crippen MR) is 116 cm³/mol. The number of fused-ring (bicyclic) bond motifs is 3. The quantitative estimate of drug-likeness (QED) is 0.720. The molecule has 1 aliphatic carbocycles. The summed E-state index contributed by atoms with van der Waals surface area (Å²) in [6, 6.07) is 18.2. The summed E-state index contributed by atoms with van der Waals surface area (Å²) < 4.78 is 2.01. The van der Waals surface area contributed by atoms with E-state index in [4.69, 9.17) is 4.99 Å². The number of para-hydroxylation sites is 1. The normalized spacial score (nSPS) is 18.7. The molecule has 1 fully saturated rings. The van der Waals surface area contributed by atoms with Gasteiger partial charge in [-0.05, 0) is 25.8 Å². The van der Waals surface area contributed by atoms with Gasteiger partial charge in [0.05, 0.1) is 11.4 Å². The minimum Gasteiger partial charge on any atom is -0.328 e. The van der Waals surface area contributed by atoms with Crippen LogP contribution < -0.4 is 5.32 Å². The van der Waals surface area contributed by atoms with Gasteiger partial charge in [0.25, 0.3) is 0 Å². The molecule has 1 N–H and O–H groups in total. The Morgan fingerprint density at radius 2 is 1.70 bits per heavy atom. The van der Waals surface area contributed by atoms with Crippen molar-refractivity contribution in [1.82, 2.24) is 20.1 Å². The molecular weight excluding hydrogens is 374 g/mol. The van der Waals surface area contributed by atoms with E-state index in [-0.39, 0.29) is 11.8 Å². The third-order valence-corrected chi connectivity index (χ3v) is 6.05. The number of aryl methyl sites for hydroxylation is 1. The van der Waals surface area contributed by atoms with Gasteiger partial charge in [-0.2, -0.15) is 0 Å². The average Bonchev–Trinajstić information content (AvgIpc) is 3.12. The third kappa shape index (κ3) is 3.32. The number of carbonyl (C=O) groups is 1. The van der Waals surface area contributed by atoms with Crippen molar-refractivity contribution < 1.29 is 4.79 Å². The molecule has 3 aromatic rings. The van der Waals surface area contributed by atoms with E-state index in [0.29, 0.717) is 5.82 Å². The summed E-state index contributed by atoms with van der Waals surface area (Å²) in [7, 11) is 0. The van der Waals surface area contributed by atoms with Gasteiger partial charge < -0.3 is 5.32 Å². The van der Waals surface area contributed by atoms with Crippen LogP contribution >= 0.6 is 0 Å². The highest BCUT2D eigenvalue weighted by Crippen LogP contribution is 2.31. The summed E-state index contributed by atoms with van der Waals surface area (Å²) >= 11 is 0.